The molecule has 0 radical (unpaired) electrons. The van der Waals surface area contributed by atoms with Gasteiger partial charge in [-0.3, -0.25) is 9.59 Å². The van der Waals surface area contributed by atoms with E-state index in [0.717, 1.165) is 34.9 Å². The minimum absolute atomic E-state index is 0.235. The highest BCUT2D eigenvalue weighted by Gasteiger charge is 2.12. The van der Waals surface area contributed by atoms with Crippen molar-refractivity contribution in [1.82, 2.24) is 0 Å². The summed E-state index contributed by atoms with van der Waals surface area (Å²) in [7, 11) is 12.8. The van der Waals surface area contributed by atoms with Crippen LogP contribution in [-0.4, -0.2) is 75.9 Å². The van der Waals surface area contributed by atoms with Crippen LogP contribution in [-0.2, 0) is 9.59 Å². The molecule has 0 N–H and O–H groups in total. The van der Waals surface area contributed by atoms with Crippen molar-refractivity contribution in [3.8, 4) is 0 Å². The van der Waals surface area contributed by atoms with Crippen LogP contribution in [0.25, 0.3) is 0 Å². The maximum atomic E-state index is 11.7. The summed E-state index contributed by atoms with van der Waals surface area (Å²) >= 11 is 0. The van der Waals surface area contributed by atoms with Gasteiger partial charge in [-0.15, -0.1) is 0 Å². The zero-order chi connectivity index (χ0) is 15.8. The molecule has 4 heteroatoms. The zero-order valence-electron chi connectivity index (χ0n) is 14.4. The Labute approximate surface area is 124 Å². The quantitative estimate of drug-likeness (QED) is 0.544. The van der Waals surface area contributed by atoms with Crippen LogP contribution < -0.4 is 0 Å². The van der Waals surface area contributed by atoms with Gasteiger partial charge >= 0.3 is 0 Å². The lowest BCUT2D eigenvalue weighted by Gasteiger charge is -2.23. The predicted molar refractivity (Wildman–Crippen MR) is 83.5 cm³/mol. The van der Waals surface area contributed by atoms with E-state index in [-0.39, 0.29) is 11.6 Å². The first-order chi connectivity index (χ1) is 8.99. The number of Topliss-reactive ketones (excluding diaryl/α,β-unsaturated/α-hetero) is 2. The molecule has 0 aromatic heterocycles. The van der Waals surface area contributed by atoms with Crippen molar-refractivity contribution in [1.29, 1.82) is 0 Å². The van der Waals surface area contributed by atoms with Crippen LogP contribution in [0.2, 0.25) is 0 Å². The third kappa shape index (κ3) is 13.7. The van der Waals surface area contributed by atoms with Crippen molar-refractivity contribution in [3.05, 3.63) is 0 Å². The van der Waals surface area contributed by atoms with Crippen molar-refractivity contribution < 1.29 is 18.6 Å². The molecule has 0 aliphatic carbocycles. The molecule has 0 aromatic rings. The first-order valence-electron chi connectivity index (χ1n) is 7.64. The summed E-state index contributed by atoms with van der Waals surface area (Å²) in [6, 6.07) is 0. The largest absolute Gasteiger partial charge is 0.331 e. The minimum atomic E-state index is 0.235. The molecule has 0 aromatic carbocycles. The first kappa shape index (κ1) is 19.3. The van der Waals surface area contributed by atoms with Crippen molar-refractivity contribution >= 4 is 11.6 Å². The van der Waals surface area contributed by atoms with Crippen molar-refractivity contribution in [2.75, 3.05) is 55.4 Å². The van der Waals surface area contributed by atoms with Gasteiger partial charge in [0.15, 0.2) is 0 Å². The maximum absolute atomic E-state index is 11.7. The van der Waals surface area contributed by atoms with Crippen LogP contribution in [0.4, 0.5) is 0 Å². The highest BCUT2D eigenvalue weighted by atomic mass is 16.1. The standard InChI is InChI=1S/C16H34N2O2/c1-17(2,3)13-7-9-15(19)11-12-16(20)10-8-14-18(4,5)6/h7-14H2,1-6H3/q+2. The van der Waals surface area contributed by atoms with Gasteiger partial charge in [0.1, 0.15) is 11.6 Å². The number of carbonyl (C=O) groups is 2. The van der Waals surface area contributed by atoms with Gasteiger partial charge in [-0.05, 0) is 0 Å². The fraction of sp³-hybridized carbons (Fsp3) is 0.875. The predicted octanol–water partition coefficient (Wildman–Crippen LogP) is 1.88. The summed E-state index contributed by atoms with van der Waals surface area (Å²) in [6.07, 6.45) is 3.92. The van der Waals surface area contributed by atoms with E-state index in [1.165, 1.54) is 0 Å². The third-order valence-electron chi connectivity index (χ3n) is 3.25. The van der Waals surface area contributed by atoms with Crippen LogP contribution in [0.1, 0.15) is 38.5 Å². The Bertz CT molecular complexity index is 279. The molecule has 0 aliphatic rings. The third-order valence-corrected chi connectivity index (χ3v) is 3.25. The lowest BCUT2D eigenvalue weighted by molar-refractivity contribution is -0.870. The Morgan fingerprint density at radius 2 is 0.900 bits per heavy atom. The Hall–Kier alpha value is -0.740. The number of ketones is 2. The average molecular weight is 286 g/mol. The van der Waals surface area contributed by atoms with Gasteiger partial charge < -0.3 is 8.97 Å². The van der Waals surface area contributed by atoms with Crippen LogP contribution in [0.5, 0.6) is 0 Å². The minimum Gasteiger partial charge on any atom is -0.331 e. The molecule has 0 saturated carbocycles. The van der Waals surface area contributed by atoms with Gasteiger partial charge in [-0.25, -0.2) is 0 Å². The molecule has 0 spiro atoms. The number of hydrogen-bond donors (Lipinski definition) is 0. The first-order valence-corrected chi connectivity index (χ1v) is 7.64. The SMILES string of the molecule is C[N+](C)(C)CCCC(=O)CCC(=O)CCC[N+](C)(C)C. The fourth-order valence-electron chi connectivity index (χ4n) is 2.03. The van der Waals surface area contributed by atoms with Crippen molar-refractivity contribution in [3.63, 3.8) is 0 Å². The highest BCUT2D eigenvalue weighted by molar-refractivity contribution is 5.85. The second kappa shape index (κ2) is 8.53. The summed E-state index contributed by atoms with van der Waals surface area (Å²) < 4.78 is 1.77. The summed E-state index contributed by atoms with van der Waals surface area (Å²) in [5.41, 5.74) is 0. The molecule has 118 valence electrons. The molecule has 20 heavy (non-hydrogen) atoms. The van der Waals surface area contributed by atoms with Crippen molar-refractivity contribution in [2.24, 2.45) is 0 Å². The van der Waals surface area contributed by atoms with Gasteiger partial charge in [0.2, 0.25) is 0 Å². The summed E-state index contributed by atoms with van der Waals surface area (Å²) in [6.45, 7) is 2.01. The van der Waals surface area contributed by atoms with Crippen LogP contribution >= 0.6 is 0 Å². The number of quaternary nitrogens is 2. The topological polar surface area (TPSA) is 34.1 Å². The Morgan fingerprint density at radius 3 is 1.15 bits per heavy atom. The smallest absolute Gasteiger partial charge is 0.133 e. The van der Waals surface area contributed by atoms with Gasteiger partial charge in [0.25, 0.3) is 0 Å². The van der Waals surface area contributed by atoms with E-state index in [1.54, 1.807) is 0 Å². The average Bonchev–Trinajstić information content (AvgIpc) is 2.22. The van der Waals surface area contributed by atoms with Crippen LogP contribution in [0.15, 0.2) is 0 Å². The van der Waals surface area contributed by atoms with E-state index in [1.807, 2.05) is 0 Å². The molecule has 0 heterocycles. The number of hydrogen-bond acceptors (Lipinski definition) is 2. The normalized spacial score (nSPS) is 12.5. The van der Waals surface area contributed by atoms with Gasteiger partial charge in [0, 0.05) is 38.5 Å². The summed E-state index contributed by atoms with van der Waals surface area (Å²) in [5.74, 6) is 0.469. The van der Waals surface area contributed by atoms with Gasteiger partial charge in [0.05, 0.1) is 55.4 Å². The van der Waals surface area contributed by atoms with Crippen LogP contribution in [0.3, 0.4) is 0 Å². The zero-order valence-corrected chi connectivity index (χ0v) is 14.4. The molecule has 4 nitrogen and oxygen atoms in total. The van der Waals surface area contributed by atoms with E-state index in [9.17, 15) is 9.59 Å². The Balaban J connectivity index is 3.66. The number of carbonyl (C=O) groups excluding carboxylic acids is 2. The summed E-state index contributed by atoms with van der Waals surface area (Å²) in [4.78, 5) is 23.4. The van der Waals surface area contributed by atoms with E-state index in [2.05, 4.69) is 42.3 Å². The summed E-state index contributed by atoms with van der Waals surface area (Å²) in [5, 5.41) is 0. The monoisotopic (exact) mass is 286 g/mol. The molecule has 0 amide bonds. The van der Waals surface area contributed by atoms with Gasteiger partial charge in [-0.2, -0.15) is 0 Å². The van der Waals surface area contributed by atoms with E-state index < -0.39 is 0 Å². The van der Waals surface area contributed by atoms with E-state index in [4.69, 9.17) is 0 Å². The number of nitrogens with zero attached hydrogens (tertiary/aromatic N) is 2. The Kier molecular flexibility index (Phi) is 8.21. The molecular weight excluding hydrogens is 252 g/mol. The molecule has 0 atom stereocenters. The second-order valence-corrected chi connectivity index (χ2v) is 7.81. The van der Waals surface area contributed by atoms with Gasteiger partial charge in [-0.1, -0.05) is 0 Å². The molecule has 0 unspecified atom stereocenters. The maximum Gasteiger partial charge on any atom is 0.133 e. The molecular formula is C16H34N2O2+2. The van der Waals surface area contributed by atoms with E-state index >= 15 is 0 Å². The molecule has 0 rings (SSSR count). The van der Waals surface area contributed by atoms with Crippen molar-refractivity contribution in [2.45, 2.75) is 38.5 Å². The lowest BCUT2D eigenvalue weighted by Crippen LogP contribution is -2.35. The molecule has 0 bridgehead atoms. The highest BCUT2D eigenvalue weighted by Crippen LogP contribution is 2.06. The lowest BCUT2D eigenvalue weighted by atomic mass is 10.1. The fourth-order valence-corrected chi connectivity index (χ4v) is 2.03. The molecule has 0 saturated heterocycles. The second-order valence-electron chi connectivity index (χ2n) is 7.81. The van der Waals surface area contributed by atoms with Crippen LogP contribution in [0, 0.1) is 0 Å². The van der Waals surface area contributed by atoms with E-state index in [0.29, 0.717) is 25.7 Å². The number of rotatable bonds is 11. The molecule has 0 aliphatic heterocycles. The molecule has 0 fully saturated rings. The Morgan fingerprint density at radius 1 is 0.600 bits per heavy atom.